The summed E-state index contributed by atoms with van der Waals surface area (Å²) >= 11 is 0. The van der Waals surface area contributed by atoms with Crippen LogP contribution in [-0.4, -0.2) is 30.4 Å². The van der Waals surface area contributed by atoms with Crippen molar-refractivity contribution in [3.8, 4) is 0 Å². The molecule has 0 unspecified atom stereocenters. The number of hydrogen-bond acceptors (Lipinski definition) is 4. The van der Waals surface area contributed by atoms with Gasteiger partial charge in [-0.15, -0.1) is 0 Å². The van der Waals surface area contributed by atoms with Crippen LogP contribution in [0.15, 0.2) is 24.3 Å². The van der Waals surface area contributed by atoms with E-state index in [1.54, 1.807) is 24.3 Å². The van der Waals surface area contributed by atoms with Crippen molar-refractivity contribution < 1.29 is 19.1 Å². The van der Waals surface area contributed by atoms with Gasteiger partial charge in [-0.25, -0.2) is 0 Å². The van der Waals surface area contributed by atoms with Crippen LogP contribution in [0.4, 0.5) is 11.4 Å². The zero-order valence-electron chi connectivity index (χ0n) is 13.2. The Morgan fingerprint density at radius 1 is 1.30 bits per heavy atom. The van der Waals surface area contributed by atoms with E-state index in [1.807, 2.05) is 13.8 Å². The van der Waals surface area contributed by atoms with Gasteiger partial charge in [-0.05, 0) is 31.4 Å². The van der Waals surface area contributed by atoms with Gasteiger partial charge in [-0.2, -0.15) is 0 Å². The molecule has 122 valence electrons. The Kier molecular flexibility index (Phi) is 4.07. The first-order valence-corrected chi connectivity index (χ1v) is 7.85. The normalized spacial score (nSPS) is 25.9. The van der Waals surface area contributed by atoms with Crippen molar-refractivity contribution in [2.75, 3.05) is 16.8 Å². The van der Waals surface area contributed by atoms with Crippen molar-refractivity contribution in [2.24, 2.45) is 11.8 Å². The molecule has 0 bridgehead atoms. The molecule has 1 saturated carbocycles. The van der Waals surface area contributed by atoms with Crippen LogP contribution in [0.25, 0.3) is 0 Å². The van der Waals surface area contributed by atoms with Gasteiger partial charge in [0.15, 0.2) is 6.61 Å². The second kappa shape index (κ2) is 6.02. The lowest BCUT2D eigenvalue weighted by Gasteiger charge is -2.27. The summed E-state index contributed by atoms with van der Waals surface area (Å²) in [6, 6.07) is 6.83. The van der Waals surface area contributed by atoms with Crippen molar-refractivity contribution in [1.29, 1.82) is 0 Å². The molecule has 6 nitrogen and oxygen atoms in total. The summed E-state index contributed by atoms with van der Waals surface area (Å²) in [5, 5.41) is 2.80. The van der Waals surface area contributed by atoms with E-state index in [4.69, 9.17) is 4.74 Å². The summed E-state index contributed by atoms with van der Waals surface area (Å²) in [6.45, 7) is 3.50. The van der Waals surface area contributed by atoms with Crippen molar-refractivity contribution in [3.63, 3.8) is 0 Å². The molecule has 1 fully saturated rings. The van der Waals surface area contributed by atoms with Crippen LogP contribution in [-0.2, 0) is 19.1 Å². The number of nitrogens with one attached hydrogen (secondary N) is 1. The third-order valence-corrected chi connectivity index (χ3v) is 4.38. The molecule has 0 aromatic heterocycles. The molecule has 2 amide bonds. The average Bonchev–Trinajstić information content (AvgIpc) is 3.24. The van der Waals surface area contributed by atoms with Gasteiger partial charge in [0.25, 0.3) is 5.91 Å². The number of amides is 2. The molecule has 1 aromatic carbocycles. The van der Waals surface area contributed by atoms with Gasteiger partial charge in [0.05, 0.1) is 17.3 Å². The molecule has 0 saturated heterocycles. The van der Waals surface area contributed by atoms with E-state index >= 15 is 0 Å². The molecule has 3 atom stereocenters. The highest BCUT2D eigenvalue weighted by atomic mass is 16.5. The van der Waals surface area contributed by atoms with Gasteiger partial charge in [0.1, 0.15) is 0 Å². The van der Waals surface area contributed by atoms with Gasteiger partial charge in [0, 0.05) is 12.5 Å². The molecule has 1 heterocycles. The summed E-state index contributed by atoms with van der Waals surface area (Å²) in [7, 11) is 0. The fraction of sp³-hybridized carbons (Fsp3) is 0.471. The van der Waals surface area contributed by atoms with Gasteiger partial charge < -0.3 is 15.0 Å². The van der Waals surface area contributed by atoms with Crippen LogP contribution < -0.4 is 10.2 Å². The lowest BCUT2D eigenvalue weighted by Crippen LogP contribution is -2.41. The lowest BCUT2D eigenvalue weighted by molar-refractivity contribution is -0.149. The molecule has 2 aliphatic rings. The molecule has 0 radical (unpaired) electrons. The number of fused-ring (bicyclic) bond motifs is 1. The van der Waals surface area contributed by atoms with Crippen LogP contribution >= 0.6 is 0 Å². The van der Waals surface area contributed by atoms with Crippen LogP contribution in [0, 0.1) is 11.8 Å². The number of hydrogen-bond donors (Lipinski definition) is 1. The van der Waals surface area contributed by atoms with Crippen LogP contribution in [0.2, 0.25) is 0 Å². The highest BCUT2D eigenvalue weighted by molar-refractivity contribution is 6.05. The Morgan fingerprint density at radius 2 is 2.00 bits per heavy atom. The fourth-order valence-electron chi connectivity index (χ4n) is 2.93. The summed E-state index contributed by atoms with van der Waals surface area (Å²) in [5.74, 6) is -0.486. The number of ether oxygens (including phenoxy) is 1. The maximum absolute atomic E-state index is 12.6. The number of rotatable bonds is 3. The van der Waals surface area contributed by atoms with E-state index in [1.165, 1.54) is 4.90 Å². The Hall–Kier alpha value is -2.37. The van der Waals surface area contributed by atoms with Crippen LogP contribution in [0.1, 0.15) is 26.7 Å². The van der Waals surface area contributed by atoms with Crippen LogP contribution in [0.3, 0.4) is 0 Å². The zero-order valence-corrected chi connectivity index (χ0v) is 13.2. The number of carbonyl (C=O) groups excluding carboxylic acids is 3. The Balaban J connectivity index is 1.75. The van der Waals surface area contributed by atoms with E-state index < -0.39 is 0 Å². The van der Waals surface area contributed by atoms with E-state index in [9.17, 15) is 14.4 Å². The Morgan fingerprint density at radius 3 is 2.70 bits per heavy atom. The molecule has 1 aliphatic carbocycles. The van der Waals surface area contributed by atoms with Gasteiger partial charge >= 0.3 is 5.97 Å². The monoisotopic (exact) mass is 316 g/mol. The summed E-state index contributed by atoms with van der Waals surface area (Å²) in [5.41, 5.74) is 1.23. The first kappa shape index (κ1) is 15.5. The molecule has 3 rings (SSSR count). The van der Waals surface area contributed by atoms with Gasteiger partial charge in [-0.1, -0.05) is 19.1 Å². The molecule has 23 heavy (non-hydrogen) atoms. The largest absolute Gasteiger partial charge is 0.455 e. The van der Waals surface area contributed by atoms with Crippen molar-refractivity contribution in [3.05, 3.63) is 24.3 Å². The molecule has 0 spiro atoms. The lowest BCUT2D eigenvalue weighted by atomic mass is 10.1. The van der Waals surface area contributed by atoms with Gasteiger partial charge in [0.2, 0.25) is 5.91 Å². The first-order chi connectivity index (χ1) is 11.0. The van der Waals surface area contributed by atoms with E-state index in [-0.39, 0.29) is 42.8 Å². The summed E-state index contributed by atoms with van der Waals surface area (Å²) in [6.07, 6.45) is 1.03. The van der Waals surface area contributed by atoms with E-state index in [2.05, 4.69) is 5.32 Å². The summed E-state index contributed by atoms with van der Waals surface area (Å²) < 4.78 is 5.15. The molecule has 1 N–H and O–H groups in total. The topological polar surface area (TPSA) is 75.7 Å². The predicted molar refractivity (Wildman–Crippen MR) is 84.9 cm³/mol. The number of benzene rings is 1. The smallest absolute Gasteiger partial charge is 0.309 e. The number of anilines is 2. The minimum Gasteiger partial charge on any atom is -0.455 e. The second-order valence-electron chi connectivity index (χ2n) is 6.31. The first-order valence-electron chi connectivity index (χ1n) is 7.85. The quantitative estimate of drug-likeness (QED) is 0.865. The third kappa shape index (κ3) is 3.21. The number of carbonyl (C=O) groups is 3. The van der Waals surface area contributed by atoms with Crippen molar-refractivity contribution in [1.82, 2.24) is 0 Å². The number of nitrogens with zero attached hydrogens (tertiary/aromatic N) is 1. The summed E-state index contributed by atoms with van der Waals surface area (Å²) in [4.78, 5) is 37.8. The Bertz CT molecular complexity index is 658. The highest BCUT2D eigenvalue weighted by Gasteiger charge is 2.41. The molecular formula is C17H20N2O4. The predicted octanol–water partition coefficient (Wildman–Crippen LogP) is 1.95. The standard InChI is InChI=1S/C17H20N2O4/c1-10-7-12(10)17(22)23-9-16(21)19-11(2)8-15(20)18-13-5-3-4-6-14(13)19/h3-6,10-12H,7-9H2,1-2H3,(H,18,20)/t10-,11+,12+/m1/s1. The molecule has 1 aliphatic heterocycles. The minimum absolute atomic E-state index is 0.0695. The zero-order chi connectivity index (χ0) is 16.6. The molecule has 6 heteroatoms. The maximum atomic E-state index is 12.6. The Labute approximate surface area is 134 Å². The number of para-hydroxylation sites is 2. The van der Waals surface area contributed by atoms with E-state index in [0.29, 0.717) is 17.3 Å². The maximum Gasteiger partial charge on any atom is 0.309 e. The number of esters is 1. The van der Waals surface area contributed by atoms with Crippen molar-refractivity contribution in [2.45, 2.75) is 32.7 Å². The van der Waals surface area contributed by atoms with Gasteiger partial charge in [-0.3, -0.25) is 14.4 Å². The SMILES string of the molecule is C[C@@H]1C[C@@H]1C(=O)OCC(=O)N1c2ccccc2NC(=O)C[C@@H]1C. The van der Waals surface area contributed by atoms with E-state index in [0.717, 1.165) is 6.42 Å². The molecule has 1 aromatic rings. The minimum atomic E-state index is -0.317. The third-order valence-electron chi connectivity index (χ3n) is 4.38. The second-order valence-corrected chi connectivity index (χ2v) is 6.31. The van der Waals surface area contributed by atoms with Crippen LogP contribution in [0.5, 0.6) is 0 Å². The average molecular weight is 316 g/mol. The molecular weight excluding hydrogens is 296 g/mol. The highest BCUT2D eigenvalue weighted by Crippen LogP contribution is 2.38. The van der Waals surface area contributed by atoms with Crippen molar-refractivity contribution >= 4 is 29.2 Å². The fourth-order valence-corrected chi connectivity index (χ4v) is 2.93.